The molecule has 98 valence electrons. The molecule has 18 heavy (non-hydrogen) atoms. The van der Waals surface area contributed by atoms with Gasteiger partial charge in [-0.25, -0.2) is 0 Å². The van der Waals surface area contributed by atoms with Crippen LogP contribution >= 0.6 is 0 Å². The van der Waals surface area contributed by atoms with E-state index in [1.54, 1.807) is 0 Å². The number of likely N-dealkylation sites (tertiary alicyclic amines) is 1. The third-order valence-corrected chi connectivity index (χ3v) is 3.54. The zero-order chi connectivity index (χ0) is 13.0. The van der Waals surface area contributed by atoms with Crippen LogP contribution in [0.15, 0.2) is 29.4 Å². The van der Waals surface area contributed by atoms with Crippen molar-refractivity contribution in [1.82, 2.24) is 4.90 Å². The molecule has 1 aliphatic rings. The van der Waals surface area contributed by atoms with E-state index in [0.29, 0.717) is 5.84 Å². The SMILES string of the molecule is Cc1cccc(CN2CCCCC2C(N)=NO)c1. The Labute approximate surface area is 108 Å². The van der Waals surface area contributed by atoms with Gasteiger partial charge in [-0.05, 0) is 31.9 Å². The molecule has 1 aromatic rings. The summed E-state index contributed by atoms with van der Waals surface area (Å²) in [4.78, 5) is 2.30. The first-order valence-corrected chi connectivity index (χ1v) is 6.47. The van der Waals surface area contributed by atoms with Crippen LogP contribution in [0.3, 0.4) is 0 Å². The summed E-state index contributed by atoms with van der Waals surface area (Å²) in [6.07, 6.45) is 3.30. The van der Waals surface area contributed by atoms with E-state index in [0.717, 1.165) is 25.9 Å². The van der Waals surface area contributed by atoms with Crippen molar-refractivity contribution in [2.45, 2.75) is 38.8 Å². The first-order chi connectivity index (χ1) is 8.70. The minimum absolute atomic E-state index is 0.0734. The van der Waals surface area contributed by atoms with Gasteiger partial charge >= 0.3 is 0 Å². The van der Waals surface area contributed by atoms with Gasteiger partial charge in [-0.1, -0.05) is 41.4 Å². The highest BCUT2D eigenvalue weighted by atomic mass is 16.4. The molecule has 1 heterocycles. The Bertz CT molecular complexity index is 431. The molecule has 1 aromatic carbocycles. The molecular weight excluding hydrogens is 226 g/mol. The molecule has 3 N–H and O–H groups in total. The summed E-state index contributed by atoms with van der Waals surface area (Å²) in [6, 6.07) is 8.57. The van der Waals surface area contributed by atoms with Crippen LogP contribution in [0, 0.1) is 6.92 Å². The lowest BCUT2D eigenvalue weighted by atomic mass is 10.00. The van der Waals surface area contributed by atoms with Crippen molar-refractivity contribution < 1.29 is 5.21 Å². The van der Waals surface area contributed by atoms with Gasteiger partial charge in [-0.2, -0.15) is 0 Å². The molecule has 1 fully saturated rings. The fourth-order valence-corrected chi connectivity index (χ4v) is 2.63. The molecule has 4 heteroatoms. The minimum Gasteiger partial charge on any atom is -0.409 e. The first kappa shape index (κ1) is 12.9. The van der Waals surface area contributed by atoms with Crippen molar-refractivity contribution in [2.75, 3.05) is 6.54 Å². The molecule has 1 aliphatic heterocycles. The predicted molar refractivity (Wildman–Crippen MR) is 72.6 cm³/mol. The minimum atomic E-state index is 0.0734. The lowest BCUT2D eigenvalue weighted by Gasteiger charge is -2.34. The zero-order valence-corrected chi connectivity index (χ0v) is 10.8. The van der Waals surface area contributed by atoms with Gasteiger partial charge in [0, 0.05) is 6.54 Å². The number of aryl methyl sites for hydroxylation is 1. The Kier molecular flexibility index (Phi) is 4.20. The summed E-state index contributed by atoms with van der Waals surface area (Å²) in [5, 5.41) is 12.0. The fraction of sp³-hybridized carbons (Fsp3) is 0.500. The Hall–Kier alpha value is -1.55. The largest absolute Gasteiger partial charge is 0.409 e. The number of hydrogen-bond acceptors (Lipinski definition) is 3. The lowest BCUT2D eigenvalue weighted by molar-refractivity contribution is 0.178. The highest BCUT2D eigenvalue weighted by molar-refractivity contribution is 5.85. The van der Waals surface area contributed by atoms with E-state index in [2.05, 4.69) is 41.2 Å². The number of hydrogen-bond donors (Lipinski definition) is 2. The van der Waals surface area contributed by atoms with Crippen LogP contribution in [-0.2, 0) is 6.54 Å². The summed E-state index contributed by atoms with van der Waals surface area (Å²) >= 11 is 0. The van der Waals surface area contributed by atoms with Crippen molar-refractivity contribution >= 4 is 5.84 Å². The lowest BCUT2D eigenvalue weighted by Crippen LogP contribution is -2.47. The van der Waals surface area contributed by atoms with Gasteiger partial charge in [0.25, 0.3) is 0 Å². The molecule has 1 unspecified atom stereocenters. The molecule has 2 rings (SSSR count). The summed E-state index contributed by atoms with van der Waals surface area (Å²) in [6.45, 7) is 3.97. The van der Waals surface area contributed by atoms with E-state index in [1.807, 2.05) is 0 Å². The molecule has 0 spiro atoms. The normalized spacial score (nSPS) is 22.1. The Balaban J connectivity index is 2.10. The topological polar surface area (TPSA) is 61.8 Å². The van der Waals surface area contributed by atoms with Crippen molar-refractivity contribution in [2.24, 2.45) is 10.9 Å². The molecule has 1 atom stereocenters. The monoisotopic (exact) mass is 247 g/mol. The smallest absolute Gasteiger partial charge is 0.156 e. The summed E-state index contributed by atoms with van der Waals surface area (Å²) in [5.41, 5.74) is 8.33. The molecule has 0 bridgehead atoms. The molecule has 0 aromatic heterocycles. The standard InChI is InChI=1S/C14H21N3O/c1-11-5-4-6-12(9-11)10-17-8-3-2-7-13(17)14(15)16-18/h4-6,9,13,18H,2-3,7-8,10H2,1H3,(H2,15,16). The van der Waals surface area contributed by atoms with Crippen LogP contribution in [-0.4, -0.2) is 28.5 Å². The van der Waals surface area contributed by atoms with Gasteiger partial charge in [0.15, 0.2) is 5.84 Å². The van der Waals surface area contributed by atoms with Crippen molar-refractivity contribution in [1.29, 1.82) is 0 Å². The highest BCUT2D eigenvalue weighted by Crippen LogP contribution is 2.20. The van der Waals surface area contributed by atoms with Gasteiger partial charge in [-0.15, -0.1) is 0 Å². The average Bonchev–Trinajstić information content (AvgIpc) is 2.38. The van der Waals surface area contributed by atoms with E-state index < -0.39 is 0 Å². The second kappa shape index (κ2) is 5.87. The van der Waals surface area contributed by atoms with Crippen LogP contribution < -0.4 is 5.73 Å². The fourth-order valence-electron chi connectivity index (χ4n) is 2.63. The van der Waals surface area contributed by atoms with E-state index in [4.69, 9.17) is 10.9 Å². The van der Waals surface area contributed by atoms with Crippen LogP contribution in [0.1, 0.15) is 30.4 Å². The summed E-state index contributed by atoms with van der Waals surface area (Å²) < 4.78 is 0. The predicted octanol–water partition coefficient (Wildman–Crippen LogP) is 2.10. The number of oxime groups is 1. The quantitative estimate of drug-likeness (QED) is 0.372. The maximum Gasteiger partial charge on any atom is 0.156 e. The van der Waals surface area contributed by atoms with Crippen molar-refractivity contribution in [3.63, 3.8) is 0 Å². The summed E-state index contributed by atoms with van der Waals surface area (Å²) in [5.74, 6) is 0.336. The van der Waals surface area contributed by atoms with Crippen LogP contribution in [0.5, 0.6) is 0 Å². The van der Waals surface area contributed by atoms with E-state index in [1.165, 1.54) is 17.5 Å². The molecular formula is C14H21N3O. The average molecular weight is 247 g/mol. The Morgan fingerprint density at radius 1 is 1.50 bits per heavy atom. The third-order valence-electron chi connectivity index (χ3n) is 3.54. The van der Waals surface area contributed by atoms with Crippen LogP contribution in [0.25, 0.3) is 0 Å². The maximum atomic E-state index is 8.85. The highest BCUT2D eigenvalue weighted by Gasteiger charge is 2.25. The number of nitrogens with zero attached hydrogens (tertiary/aromatic N) is 2. The number of rotatable bonds is 3. The zero-order valence-electron chi connectivity index (χ0n) is 10.8. The van der Waals surface area contributed by atoms with E-state index in [9.17, 15) is 0 Å². The van der Waals surface area contributed by atoms with Gasteiger partial charge in [-0.3, -0.25) is 4.90 Å². The molecule has 0 saturated carbocycles. The summed E-state index contributed by atoms with van der Waals surface area (Å²) in [7, 11) is 0. The van der Waals surface area contributed by atoms with E-state index >= 15 is 0 Å². The van der Waals surface area contributed by atoms with Crippen molar-refractivity contribution in [3.8, 4) is 0 Å². The number of piperidine rings is 1. The molecule has 0 radical (unpaired) electrons. The van der Waals surface area contributed by atoms with Gasteiger partial charge in [0.05, 0.1) is 6.04 Å². The second-order valence-electron chi connectivity index (χ2n) is 5.00. The second-order valence-corrected chi connectivity index (χ2v) is 5.00. The van der Waals surface area contributed by atoms with Crippen LogP contribution in [0.4, 0.5) is 0 Å². The Morgan fingerprint density at radius 2 is 2.33 bits per heavy atom. The van der Waals surface area contributed by atoms with Crippen LogP contribution in [0.2, 0.25) is 0 Å². The molecule has 4 nitrogen and oxygen atoms in total. The number of benzene rings is 1. The number of nitrogens with two attached hydrogens (primary N) is 1. The van der Waals surface area contributed by atoms with Gasteiger partial charge in [0.1, 0.15) is 0 Å². The third kappa shape index (κ3) is 3.01. The van der Waals surface area contributed by atoms with Gasteiger partial charge < -0.3 is 10.9 Å². The number of amidine groups is 1. The van der Waals surface area contributed by atoms with Crippen molar-refractivity contribution in [3.05, 3.63) is 35.4 Å². The molecule has 0 aliphatic carbocycles. The molecule has 1 saturated heterocycles. The molecule has 0 amide bonds. The maximum absolute atomic E-state index is 8.85. The van der Waals surface area contributed by atoms with E-state index in [-0.39, 0.29) is 6.04 Å². The Morgan fingerprint density at radius 3 is 3.06 bits per heavy atom. The first-order valence-electron chi connectivity index (χ1n) is 6.47. The van der Waals surface area contributed by atoms with Gasteiger partial charge in [0.2, 0.25) is 0 Å².